The minimum Gasteiger partial charge on any atom is -0.383 e. The normalized spacial score (nSPS) is 12.8. The van der Waals surface area contributed by atoms with E-state index in [9.17, 15) is 14.0 Å². The summed E-state index contributed by atoms with van der Waals surface area (Å²) in [6.45, 7) is 8.27. The van der Waals surface area contributed by atoms with Gasteiger partial charge < -0.3 is 27.1 Å². The number of nitrogens with zero attached hydrogens (tertiary/aromatic N) is 2. The molecule has 2 amide bonds. The maximum atomic E-state index is 13.1. The van der Waals surface area contributed by atoms with Crippen LogP contribution in [-0.4, -0.2) is 53.9 Å². The molecule has 0 aliphatic rings. The van der Waals surface area contributed by atoms with Crippen molar-refractivity contribution in [1.82, 2.24) is 10.2 Å². The number of benzene rings is 1. The van der Waals surface area contributed by atoms with Crippen LogP contribution in [0.4, 0.5) is 4.39 Å². The zero-order valence-electron chi connectivity index (χ0n) is 19.8. The maximum Gasteiger partial charge on any atom is 0.242 e. The second kappa shape index (κ2) is 13.3. The van der Waals surface area contributed by atoms with Crippen LogP contribution >= 0.6 is 0 Å². The van der Waals surface area contributed by atoms with Gasteiger partial charge in [-0.3, -0.25) is 9.59 Å². The number of carbonyl (C=O) groups excluding carboxylic acids is 2. The zero-order chi connectivity index (χ0) is 25.0. The number of hydrogen-bond donors (Lipinski definition) is 4. The van der Waals surface area contributed by atoms with Crippen molar-refractivity contribution in [2.75, 3.05) is 19.6 Å². The van der Waals surface area contributed by atoms with Crippen molar-refractivity contribution in [2.45, 2.75) is 39.7 Å². The molecule has 0 fully saturated rings. The molecule has 180 valence electrons. The molecule has 0 aromatic heterocycles. The van der Waals surface area contributed by atoms with Crippen molar-refractivity contribution in [2.24, 2.45) is 22.4 Å². The maximum absolute atomic E-state index is 13.1. The molecule has 0 radical (unpaired) electrons. The molecule has 1 aromatic carbocycles. The Hall–Kier alpha value is -3.33. The lowest BCUT2D eigenvalue weighted by atomic mass is 9.98. The van der Waals surface area contributed by atoms with Crippen LogP contribution in [0.1, 0.15) is 39.7 Å². The van der Waals surface area contributed by atoms with Gasteiger partial charge in [-0.15, -0.1) is 0 Å². The quantitative estimate of drug-likeness (QED) is 0.156. The van der Waals surface area contributed by atoms with Crippen molar-refractivity contribution in [3.05, 3.63) is 59.6 Å². The van der Waals surface area contributed by atoms with Gasteiger partial charge in [0, 0.05) is 25.8 Å². The second-order valence-electron chi connectivity index (χ2n) is 8.45. The molecule has 33 heavy (non-hydrogen) atoms. The first-order chi connectivity index (χ1) is 15.5. The van der Waals surface area contributed by atoms with Crippen LogP contribution in [0.3, 0.4) is 0 Å². The van der Waals surface area contributed by atoms with Crippen molar-refractivity contribution in [1.29, 1.82) is 5.41 Å². The largest absolute Gasteiger partial charge is 0.383 e. The summed E-state index contributed by atoms with van der Waals surface area (Å²) >= 11 is 0. The Labute approximate surface area is 195 Å². The molecule has 8 nitrogen and oxygen atoms in total. The second-order valence-corrected chi connectivity index (χ2v) is 8.45. The summed E-state index contributed by atoms with van der Waals surface area (Å²) in [5.41, 5.74) is 12.5. The third kappa shape index (κ3) is 9.78. The highest BCUT2D eigenvalue weighted by atomic mass is 19.1. The van der Waals surface area contributed by atoms with Crippen molar-refractivity contribution >= 4 is 23.9 Å². The molecule has 0 saturated carbocycles. The zero-order valence-corrected chi connectivity index (χ0v) is 19.8. The first-order valence-electron chi connectivity index (χ1n) is 10.8. The van der Waals surface area contributed by atoms with E-state index < -0.39 is 5.54 Å². The minimum atomic E-state index is -1.01. The first-order valence-corrected chi connectivity index (χ1v) is 10.8. The van der Waals surface area contributed by atoms with Gasteiger partial charge >= 0.3 is 0 Å². The van der Waals surface area contributed by atoms with Crippen LogP contribution in [-0.2, 0) is 9.59 Å². The highest BCUT2D eigenvalue weighted by molar-refractivity contribution is 6.12. The molecular weight excluding hydrogens is 423 g/mol. The van der Waals surface area contributed by atoms with E-state index in [4.69, 9.17) is 16.9 Å². The number of amidine groups is 1. The van der Waals surface area contributed by atoms with Gasteiger partial charge in [0.1, 0.15) is 11.7 Å². The SMILES string of the molecule is CC(C)C(=C/C(=N)c1ccc(F)cc1)/C(N)=N/C=C/CCN(CCNC=O)C(=O)C(C)(C)N. The van der Waals surface area contributed by atoms with Crippen molar-refractivity contribution in [3.63, 3.8) is 0 Å². The number of aliphatic imine (C=N–C) groups is 1. The summed E-state index contributed by atoms with van der Waals surface area (Å²) < 4.78 is 13.1. The molecular formula is C24H35FN6O2. The summed E-state index contributed by atoms with van der Waals surface area (Å²) in [6, 6.07) is 5.70. The molecule has 0 unspecified atom stereocenters. The monoisotopic (exact) mass is 458 g/mol. The summed E-state index contributed by atoms with van der Waals surface area (Å²) in [7, 11) is 0. The smallest absolute Gasteiger partial charge is 0.242 e. The molecule has 0 atom stereocenters. The standard InChI is InChI=1S/C24H35FN6O2/c1-17(2)20(15-21(26)18-7-9-19(25)10-8-18)22(27)30-11-5-6-13-31(14-12-29-16-32)23(33)24(3,4)28/h5,7-11,15-17,26H,6,12-14,28H2,1-4H3,(H2,27,30)(H,29,32)/b11-5+,20-15-,26-21?. The van der Waals surface area contributed by atoms with Gasteiger partial charge in [-0.05, 0) is 67.7 Å². The predicted molar refractivity (Wildman–Crippen MR) is 130 cm³/mol. The third-order valence-electron chi connectivity index (χ3n) is 4.71. The van der Waals surface area contributed by atoms with Crippen molar-refractivity contribution < 1.29 is 14.0 Å². The Bertz CT molecular complexity index is 899. The number of nitrogens with one attached hydrogen (secondary N) is 2. The fourth-order valence-electron chi connectivity index (χ4n) is 2.90. The Kier molecular flexibility index (Phi) is 11.1. The summed E-state index contributed by atoms with van der Waals surface area (Å²) in [4.78, 5) is 28.8. The Morgan fingerprint density at radius 1 is 1.27 bits per heavy atom. The van der Waals surface area contributed by atoms with E-state index in [0.717, 1.165) is 0 Å². The highest BCUT2D eigenvalue weighted by Gasteiger charge is 2.27. The highest BCUT2D eigenvalue weighted by Crippen LogP contribution is 2.13. The van der Waals surface area contributed by atoms with E-state index in [1.54, 1.807) is 49.2 Å². The van der Waals surface area contributed by atoms with Gasteiger partial charge in [-0.25, -0.2) is 9.38 Å². The Balaban J connectivity index is 2.84. The fourth-order valence-corrected chi connectivity index (χ4v) is 2.90. The average molecular weight is 459 g/mol. The molecule has 0 bridgehead atoms. The Morgan fingerprint density at radius 3 is 2.45 bits per heavy atom. The summed E-state index contributed by atoms with van der Waals surface area (Å²) in [5.74, 6) is -0.274. The molecule has 9 heteroatoms. The van der Waals surface area contributed by atoms with Crippen LogP contribution in [0, 0.1) is 17.1 Å². The average Bonchev–Trinajstić information content (AvgIpc) is 2.74. The van der Waals surface area contributed by atoms with E-state index >= 15 is 0 Å². The molecule has 0 saturated heterocycles. The Morgan fingerprint density at radius 2 is 1.91 bits per heavy atom. The van der Waals surface area contributed by atoms with Crippen LogP contribution in [0.25, 0.3) is 0 Å². The fraction of sp³-hybridized carbons (Fsp3) is 0.417. The number of rotatable bonds is 13. The molecule has 6 N–H and O–H groups in total. The topological polar surface area (TPSA) is 138 Å². The molecule has 0 aliphatic carbocycles. The van der Waals surface area contributed by atoms with Gasteiger partial charge in [-0.1, -0.05) is 19.9 Å². The molecule has 0 heterocycles. The van der Waals surface area contributed by atoms with E-state index in [0.29, 0.717) is 43.6 Å². The number of hydrogen-bond acceptors (Lipinski definition) is 5. The lowest BCUT2D eigenvalue weighted by Crippen LogP contribution is -2.52. The van der Waals surface area contributed by atoms with Crippen molar-refractivity contribution in [3.8, 4) is 0 Å². The van der Waals surface area contributed by atoms with Crippen LogP contribution < -0.4 is 16.8 Å². The van der Waals surface area contributed by atoms with Gasteiger partial charge in [0.15, 0.2) is 0 Å². The summed E-state index contributed by atoms with van der Waals surface area (Å²) in [5, 5.41) is 10.8. The van der Waals surface area contributed by atoms with Gasteiger partial charge in [-0.2, -0.15) is 0 Å². The van der Waals surface area contributed by atoms with Crippen LogP contribution in [0.2, 0.25) is 0 Å². The molecule has 1 rings (SSSR count). The van der Waals surface area contributed by atoms with E-state index in [-0.39, 0.29) is 29.2 Å². The number of amides is 2. The van der Waals surface area contributed by atoms with E-state index in [2.05, 4.69) is 10.3 Å². The van der Waals surface area contributed by atoms with Crippen LogP contribution in [0.5, 0.6) is 0 Å². The predicted octanol–water partition coefficient (Wildman–Crippen LogP) is 2.35. The third-order valence-corrected chi connectivity index (χ3v) is 4.71. The molecule has 0 aliphatic heterocycles. The lowest BCUT2D eigenvalue weighted by molar-refractivity contribution is -0.135. The first kappa shape index (κ1) is 27.7. The van der Waals surface area contributed by atoms with Crippen LogP contribution in [0.15, 0.2) is 53.2 Å². The van der Waals surface area contributed by atoms with E-state index in [1.165, 1.54) is 12.1 Å². The number of allylic oxidation sites excluding steroid dienone is 1. The lowest BCUT2D eigenvalue weighted by Gasteiger charge is -2.29. The van der Waals surface area contributed by atoms with E-state index in [1.807, 2.05) is 13.8 Å². The van der Waals surface area contributed by atoms with Gasteiger partial charge in [0.25, 0.3) is 0 Å². The number of carbonyl (C=O) groups is 2. The molecule has 0 spiro atoms. The molecule has 1 aromatic rings. The minimum absolute atomic E-state index is 0.0215. The van der Waals surface area contributed by atoms with Gasteiger partial charge in [0.2, 0.25) is 12.3 Å². The number of nitrogens with two attached hydrogens (primary N) is 2. The van der Waals surface area contributed by atoms with Gasteiger partial charge in [0.05, 0.1) is 11.3 Å². The summed E-state index contributed by atoms with van der Waals surface area (Å²) in [6.07, 6.45) is 6.09. The number of halogens is 1.